The topological polar surface area (TPSA) is 101 Å². The number of carbonyl (C=O) groups is 1. The van der Waals surface area contributed by atoms with E-state index in [1.807, 2.05) is 0 Å². The third-order valence-corrected chi connectivity index (χ3v) is 7.78. The van der Waals surface area contributed by atoms with Crippen molar-refractivity contribution in [3.8, 4) is 28.2 Å². The van der Waals surface area contributed by atoms with Gasteiger partial charge in [-0.3, -0.25) is 9.36 Å². The van der Waals surface area contributed by atoms with E-state index >= 15 is 0 Å². The number of aromatic nitrogens is 2. The van der Waals surface area contributed by atoms with Crippen molar-refractivity contribution in [2.24, 2.45) is 0 Å². The molecule has 0 radical (unpaired) electrons. The zero-order valence-electron chi connectivity index (χ0n) is 21.6. The predicted octanol–water partition coefficient (Wildman–Crippen LogP) is 6.03. The van der Waals surface area contributed by atoms with Crippen LogP contribution in [-0.4, -0.2) is 41.8 Å². The molecule has 4 rings (SSSR count). The lowest BCUT2D eigenvalue weighted by atomic mass is 10.0. The van der Waals surface area contributed by atoms with Gasteiger partial charge in [-0.1, -0.05) is 41.4 Å². The number of aliphatic hydroxyl groups is 1. The molecular formula is C28H26Cl2FN3O4S. The third kappa shape index (κ3) is 5.86. The summed E-state index contributed by atoms with van der Waals surface area (Å²) >= 11 is 13.0. The first-order valence-corrected chi connectivity index (χ1v) is 14.6. The number of rotatable bonds is 7. The summed E-state index contributed by atoms with van der Waals surface area (Å²) in [6, 6.07) is 13.8. The summed E-state index contributed by atoms with van der Waals surface area (Å²) in [7, 11) is -3.72. The molecule has 0 aliphatic carbocycles. The fraction of sp³-hybridized carbons (Fsp3) is 0.214. The van der Waals surface area contributed by atoms with Gasteiger partial charge < -0.3 is 10.4 Å². The van der Waals surface area contributed by atoms with Gasteiger partial charge in [-0.15, -0.1) is 0 Å². The zero-order chi connectivity index (χ0) is 28.7. The highest BCUT2D eigenvalue weighted by atomic mass is 35.5. The van der Waals surface area contributed by atoms with E-state index in [9.17, 15) is 22.7 Å². The summed E-state index contributed by atoms with van der Waals surface area (Å²) in [6.07, 6.45) is 2.60. The van der Waals surface area contributed by atoms with Crippen LogP contribution in [0.5, 0.6) is 0 Å². The van der Waals surface area contributed by atoms with Gasteiger partial charge in [0.1, 0.15) is 17.2 Å². The van der Waals surface area contributed by atoms with Crippen molar-refractivity contribution in [1.29, 1.82) is 0 Å². The Hall–Kier alpha value is -3.24. The minimum atomic E-state index is -3.72. The molecule has 1 amide bonds. The summed E-state index contributed by atoms with van der Waals surface area (Å²) < 4.78 is 41.4. The number of sulfone groups is 1. The second-order valence-electron chi connectivity index (χ2n) is 9.48. The quantitative estimate of drug-likeness (QED) is 0.274. The zero-order valence-corrected chi connectivity index (χ0v) is 23.9. The lowest BCUT2D eigenvalue weighted by Crippen LogP contribution is -2.24. The number of hydrogen-bond donors (Lipinski definition) is 2. The average molecular weight is 591 g/mol. The van der Waals surface area contributed by atoms with Crippen LogP contribution in [0.15, 0.2) is 65.7 Å². The molecule has 0 saturated heterocycles. The maximum Gasteiger partial charge on any atom is 0.252 e. The van der Waals surface area contributed by atoms with Crippen molar-refractivity contribution in [2.45, 2.75) is 31.3 Å². The van der Waals surface area contributed by atoms with Gasteiger partial charge in [0.2, 0.25) is 0 Å². The maximum absolute atomic E-state index is 14.9. The molecule has 0 aliphatic heterocycles. The lowest BCUT2D eigenvalue weighted by Gasteiger charge is -2.14. The van der Waals surface area contributed by atoms with E-state index in [1.54, 1.807) is 55.8 Å². The normalized spacial score (nSPS) is 12.0. The molecule has 2 N–H and O–H groups in total. The summed E-state index contributed by atoms with van der Waals surface area (Å²) in [5.74, 6) is -0.930. The highest BCUT2D eigenvalue weighted by molar-refractivity contribution is 7.90. The fourth-order valence-electron chi connectivity index (χ4n) is 4.08. The average Bonchev–Trinajstić information content (AvgIpc) is 3.28. The summed E-state index contributed by atoms with van der Waals surface area (Å²) in [4.78, 5) is 16.8. The van der Waals surface area contributed by atoms with Gasteiger partial charge >= 0.3 is 0 Å². The molecule has 7 nitrogen and oxygen atoms in total. The van der Waals surface area contributed by atoms with Crippen LogP contribution in [0.3, 0.4) is 0 Å². The van der Waals surface area contributed by atoms with E-state index in [1.165, 1.54) is 30.3 Å². The highest BCUT2D eigenvalue weighted by Gasteiger charge is 2.26. The van der Waals surface area contributed by atoms with Crippen LogP contribution in [0.1, 0.15) is 36.8 Å². The standard InChI is InChI=1S/C28H26Cl2FN3O4S/c1-5-32-27(35)18-11-9-17(14-23(18)39(4,37)38)16-10-12-22(20(30)13-16)34-15-24(28(2,3)36)33-26(34)25-19(29)7-6-8-21(25)31/h6-15,36H,5H2,1-4H3,(H,32,35). The number of imidazole rings is 1. The number of halogens is 3. The smallest absolute Gasteiger partial charge is 0.252 e. The number of nitrogens with zero attached hydrogens (tertiary/aromatic N) is 2. The van der Waals surface area contributed by atoms with E-state index in [0.717, 1.165) is 6.26 Å². The Balaban J connectivity index is 1.86. The molecule has 0 atom stereocenters. The Morgan fingerprint density at radius 1 is 1.08 bits per heavy atom. The van der Waals surface area contributed by atoms with Crippen LogP contribution >= 0.6 is 23.2 Å². The minimum absolute atomic E-state index is 0.0496. The second kappa shape index (κ2) is 10.7. The summed E-state index contributed by atoms with van der Waals surface area (Å²) in [5.41, 5.74) is 0.582. The molecule has 1 heterocycles. The number of nitrogens with one attached hydrogen (secondary N) is 1. The van der Waals surface area contributed by atoms with E-state index < -0.39 is 27.2 Å². The van der Waals surface area contributed by atoms with Crippen molar-refractivity contribution in [3.05, 3.63) is 87.9 Å². The molecule has 0 saturated carbocycles. The van der Waals surface area contributed by atoms with Crippen LogP contribution in [0.25, 0.3) is 28.2 Å². The second-order valence-corrected chi connectivity index (χ2v) is 12.3. The third-order valence-electron chi connectivity index (χ3n) is 6.02. The van der Waals surface area contributed by atoms with Gasteiger partial charge in [0.25, 0.3) is 5.91 Å². The van der Waals surface area contributed by atoms with E-state index in [4.69, 9.17) is 23.2 Å². The Kier molecular flexibility index (Phi) is 7.91. The molecule has 3 aromatic carbocycles. The van der Waals surface area contributed by atoms with Crippen molar-refractivity contribution in [3.63, 3.8) is 0 Å². The Bertz CT molecular complexity index is 1680. The molecule has 204 valence electrons. The minimum Gasteiger partial charge on any atom is -0.384 e. The molecule has 1 aromatic heterocycles. The van der Waals surface area contributed by atoms with Crippen LogP contribution in [0.2, 0.25) is 10.0 Å². The Labute approximate surface area is 236 Å². The first-order valence-electron chi connectivity index (χ1n) is 11.9. The first kappa shape index (κ1) is 28.8. The monoisotopic (exact) mass is 589 g/mol. The van der Waals surface area contributed by atoms with E-state index in [2.05, 4.69) is 10.3 Å². The molecular weight excluding hydrogens is 564 g/mol. The van der Waals surface area contributed by atoms with Crippen LogP contribution in [-0.2, 0) is 15.4 Å². The molecule has 39 heavy (non-hydrogen) atoms. The number of amides is 1. The van der Waals surface area contributed by atoms with Crippen LogP contribution in [0, 0.1) is 5.82 Å². The van der Waals surface area contributed by atoms with E-state index in [0.29, 0.717) is 23.4 Å². The number of carbonyl (C=O) groups excluding carboxylic acids is 1. The van der Waals surface area contributed by atoms with Crippen molar-refractivity contribution in [1.82, 2.24) is 14.9 Å². The lowest BCUT2D eigenvalue weighted by molar-refractivity contribution is 0.0743. The van der Waals surface area contributed by atoms with Crippen LogP contribution < -0.4 is 5.32 Å². The summed E-state index contributed by atoms with van der Waals surface area (Å²) in [5, 5.41) is 13.6. The highest BCUT2D eigenvalue weighted by Crippen LogP contribution is 2.37. The SMILES string of the molecule is CCNC(=O)c1ccc(-c2ccc(-n3cc(C(C)(C)O)nc3-c3c(F)cccc3Cl)c(Cl)c2)cc1S(C)(=O)=O. The number of hydrogen-bond acceptors (Lipinski definition) is 5. The molecule has 0 spiro atoms. The van der Waals surface area contributed by atoms with Crippen molar-refractivity contribution in [2.75, 3.05) is 12.8 Å². The van der Waals surface area contributed by atoms with Crippen molar-refractivity contribution < 1.29 is 22.7 Å². The Morgan fingerprint density at radius 3 is 2.33 bits per heavy atom. The molecule has 0 fully saturated rings. The van der Waals surface area contributed by atoms with Crippen LogP contribution in [0.4, 0.5) is 4.39 Å². The number of benzene rings is 3. The van der Waals surface area contributed by atoms with E-state index in [-0.39, 0.29) is 37.6 Å². The fourth-order valence-corrected chi connectivity index (χ4v) is 5.50. The molecule has 4 aromatic rings. The molecule has 0 unspecified atom stereocenters. The molecule has 0 bridgehead atoms. The molecule has 0 aliphatic rings. The van der Waals surface area contributed by atoms with Crippen molar-refractivity contribution >= 4 is 38.9 Å². The van der Waals surface area contributed by atoms with Gasteiger partial charge in [0.15, 0.2) is 9.84 Å². The van der Waals surface area contributed by atoms with Gasteiger partial charge in [-0.05, 0) is 68.3 Å². The summed E-state index contributed by atoms with van der Waals surface area (Å²) in [6.45, 7) is 5.21. The Morgan fingerprint density at radius 2 is 1.74 bits per heavy atom. The molecule has 11 heteroatoms. The van der Waals surface area contributed by atoms with Gasteiger partial charge in [0.05, 0.1) is 37.4 Å². The van der Waals surface area contributed by atoms with Gasteiger partial charge in [0, 0.05) is 19.0 Å². The first-order chi connectivity index (χ1) is 18.2. The largest absolute Gasteiger partial charge is 0.384 e. The maximum atomic E-state index is 14.9. The van der Waals surface area contributed by atoms with Gasteiger partial charge in [-0.2, -0.15) is 0 Å². The predicted molar refractivity (Wildman–Crippen MR) is 151 cm³/mol. The van der Waals surface area contributed by atoms with Gasteiger partial charge in [-0.25, -0.2) is 17.8 Å².